The number of hydrogen-bond donors (Lipinski definition) is 0. The normalized spacial score (nSPS) is 11.5. The van der Waals surface area contributed by atoms with Crippen LogP contribution in [0, 0.1) is 0 Å². The molecular weight excluding hydrogens is 307 g/mol. The highest BCUT2D eigenvalue weighted by Gasteiger charge is 2.34. The van der Waals surface area contributed by atoms with Gasteiger partial charge in [0.2, 0.25) is 0 Å². The Labute approximate surface area is 149 Å². The SMILES string of the molecule is CCCCCCCC[P+](CCCC)(CCCC)CCCC.[Cl-]. The van der Waals surface area contributed by atoms with Gasteiger partial charge in [0.05, 0.1) is 24.6 Å². The van der Waals surface area contributed by atoms with Gasteiger partial charge in [0.1, 0.15) is 0 Å². The van der Waals surface area contributed by atoms with Gasteiger partial charge in [0.15, 0.2) is 0 Å². The standard InChI is InChI=1S/C20H44P.ClH/c1-5-9-13-14-15-16-20-21(17-10-6-2,18-11-7-3)19-12-8-4;/h5-20H2,1-4H3;1H/q+1;/p-1. The molecule has 0 radical (unpaired) electrons. The van der Waals surface area contributed by atoms with E-state index in [1.807, 2.05) is 0 Å². The second kappa shape index (κ2) is 18.1. The third-order valence-electron chi connectivity index (χ3n) is 4.94. The van der Waals surface area contributed by atoms with Crippen LogP contribution in [0.25, 0.3) is 0 Å². The Balaban J connectivity index is 0. The van der Waals surface area contributed by atoms with Crippen molar-refractivity contribution in [1.82, 2.24) is 0 Å². The topological polar surface area (TPSA) is 0 Å². The predicted molar refractivity (Wildman–Crippen MR) is 104 cm³/mol. The number of hydrogen-bond acceptors (Lipinski definition) is 0. The van der Waals surface area contributed by atoms with E-state index in [4.69, 9.17) is 0 Å². The summed E-state index contributed by atoms with van der Waals surface area (Å²) in [5, 5.41) is 0. The highest BCUT2D eigenvalue weighted by atomic mass is 35.5. The lowest BCUT2D eigenvalue weighted by Crippen LogP contribution is -3.00. The zero-order valence-electron chi connectivity index (χ0n) is 16.1. The molecule has 2 heteroatoms. The lowest BCUT2D eigenvalue weighted by molar-refractivity contribution is -0.00000491. The number of rotatable bonds is 16. The molecule has 0 heterocycles. The minimum absolute atomic E-state index is 0. The van der Waals surface area contributed by atoms with Crippen molar-refractivity contribution in [2.75, 3.05) is 24.6 Å². The van der Waals surface area contributed by atoms with Crippen molar-refractivity contribution in [3.63, 3.8) is 0 Å². The zero-order valence-corrected chi connectivity index (χ0v) is 17.8. The van der Waals surface area contributed by atoms with Gasteiger partial charge in [-0.05, 0) is 32.1 Å². The molecular formula is C20H44ClP. The third-order valence-corrected chi connectivity index (χ3v) is 10.0. The second-order valence-electron chi connectivity index (χ2n) is 7.06. The average Bonchev–Trinajstić information content (AvgIpc) is 2.51. The van der Waals surface area contributed by atoms with Crippen LogP contribution in [0.5, 0.6) is 0 Å². The summed E-state index contributed by atoms with van der Waals surface area (Å²) in [6.07, 6.45) is 24.0. The summed E-state index contributed by atoms with van der Waals surface area (Å²) in [6.45, 7) is 9.44. The monoisotopic (exact) mass is 350 g/mol. The molecule has 0 saturated heterocycles. The number of halogens is 1. The third kappa shape index (κ3) is 13.2. The molecule has 0 N–H and O–H groups in total. The van der Waals surface area contributed by atoms with Crippen molar-refractivity contribution >= 4 is 7.26 Å². The van der Waals surface area contributed by atoms with Crippen LogP contribution in [0.2, 0.25) is 0 Å². The van der Waals surface area contributed by atoms with Crippen LogP contribution < -0.4 is 12.4 Å². The van der Waals surface area contributed by atoms with Crippen LogP contribution >= 0.6 is 7.26 Å². The Kier molecular flexibility index (Phi) is 20.5. The van der Waals surface area contributed by atoms with Crippen molar-refractivity contribution in [3.8, 4) is 0 Å². The van der Waals surface area contributed by atoms with E-state index in [9.17, 15) is 0 Å². The largest absolute Gasteiger partial charge is 1.00 e. The van der Waals surface area contributed by atoms with Gasteiger partial charge in [-0.2, -0.15) is 0 Å². The summed E-state index contributed by atoms with van der Waals surface area (Å²) < 4.78 is 0. The molecule has 0 aliphatic heterocycles. The fraction of sp³-hybridized carbons (Fsp3) is 1.00. The minimum atomic E-state index is -0.601. The van der Waals surface area contributed by atoms with Crippen molar-refractivity contribution in [2.24, 2.45) is 0 Å². The van der Waals surface area contributed by atoms with Gasteiger partial charge in [-0.25, -0.2) is 0 Å². The molecule has 0 spiro atoms. The van der Waals surface area contributed by atoms with Crippen LogP contribution in [-0.2, 0) is 0 Å². The Bertz CT molecular complexity index is 184. The molecule has 0 bridgehead atoms. The van der Waals surface area contributed by atoms with E-state index in [0.717, 1.165) is 0 Å². The van der Waals surface area contributed by atoms with E-state index in [-0.39, 0.29) is 12.4 Å². The second-order valence-corrected chi connectivity index (χ2v) is 11.5. The number of unbranched alkanes of at least 4 members (excludes halogenated alkanes) is 8. The smallest absolute Gasteiger partial charge is 0.0594 e. The van der Waals surface area contributed by atoms with Crippen molar-refractivity contribution < 1.29 is 12.4 Å². The molecule has 22 heavy (non-hydrogen) atoms. The average molecular weight is 351 g/mol. The van der Waals surface area contributed by atoms with Crippen LogP contribution in [0.1, 0.15) is 105 Å². The van der Waals surface area contributed by atoms with Gasteiger partial charge in [0, 0.05) is 7.26 Å². The molecule has 0 atom stereocenters. The Hall–Kier alpha value is 0.720. The van der Waals surface area contributed by atoms with Gasteiger partial charge in [0.25, 0.3) is 0 Å². The summed E-state index contributed by atoms with van der Waals surface area (Å²) in [6, 6.07) is 0. The Morgan fingerprint density at radius 2 is 0.727 bits per heavy atom. The molecule has 0 aromatic carbocycles. The van der Waals surface area contributed by atoms with Crippen LogP contribution in [0.4, 0.5) is 0 Å². The Morgan fingerprint density at radius 1 is 0.409 bits per heavy atom. The van der Waals surface area contributed by atoms with E-state index < -0.39 is 7.26 Å². The van der Waals surface area contributed by atoms with Crippen LogP contribution in [0.3, 0.4) is 0 Å². The zero-order chi connectivity index (χ0) is 15.8. The first-order valence-corrected chi connectivity index (χ1v) is 12.6. The van der Waals surface area contributed by atoms with E-state index in [1.54, 1.807) is 24.6 Å². The molecule has 0 saturated carbocycles. The molecule has 0 amide bonds. The lowest BCUT2D eigenvalue weighted by atomic mass is 10.1. The van der Waals surface area contributed by atoms with Gasteiger partial charge in [-0.3, -0.25) is 0 Å². The molecule has 0 nitrogen and oxygen atoms in total. The molecule has 0 aliphatic rings. The highest BCUT2D eigenvalue weighted by molar-refractivity contribution is 7.75. The maximum absolute atomic E-state index is 2.37. The molecule has 0 aliphatic carbocycles. The maximum Gasteiger partial charge on any atom is 0.0594 e. The van der Waals surface area contributed by atoms with E-state index in [1.165, 1.54) is 77.0 Å². The summed E-state index contributed by atoms with van der Waals surface area (Å²) in [5.74, 6) is 0. The quantitative estimate of drug-likeness (QED) is 0.278. The first-order valence-electron chi connectivity index (χ1n) is 10.1. The molecule has 0 aromatic heterocycles. The van der Waals surface area contributed by atoms with Gasteiger partial charge in [-0.15, -0.1) is 0 Å². The lowest BCUT2D eigenvalue weighted by Gasteiger charge is -2.28. The van der Waals surface area contributed by atoms with E-state index in [2.05, 4.69) is 27.7 Å². The first kappa shape index (κ1) is 25.0. The fourth-order valence-electron chi connectivity index (χ4n) is 3.38. The minimum Gasteiger partial charge on any atom is -1.00 e. The summed E-state index contributed by atoms with van der Waals surface area (Å²) in [4.78, 5) is 0. The van der Waals surface area contributed by atoms with Crippen molar-refractivity contribution in [2.45, 2.75) is 105 Å². The summed E-state index contributed by atoms with van der Waals surface area (Å²) >= 11 is 0. The van der Waals surface area contributed by atoms with E-state index in [0.29, 0.717) is 0 Å². The molecule has 0 unspecified atom stereocenters. The van der Waals surface area contributed by atoms with Gasteiger partial charge in [-0.1, -0.05) is 72.6 Å². The van der Waals surface area contributed by atoms with Gasteiger partial charge >= 0.3 is 0 Å². The first-order chi connectivity index (χ1) is 10.2. The highest BCUT2D eigenvalue weighted by Crippen LogP contribution is 2.61. The predicted octanol–water partition coefficient (Wildman–Crippen LogP) is 4.77. The maximum atomic E-state index is 2.37. The Morgan fingerprint density at radius 3 is 1.14 bits per heavy atom. The van der Waals surface area contributed by atoms with Crippen molar-refractivity contribution in [1.29, 1.82) is 0 Å². The van der Waals surface area contributed by atoms with Gasteiger partial charge < -0.3 is 12.4 Å². The molecule has 136 valence electrons. The van der Waals surface area contributed by atoms with Crippen molar-refractivity contribution in [3.05, 3.63) is 0 Å². The van der Waals surface area contributed by atoms with Crippen LogP contribution in [0.15, 0.2) is 0 Å². The van der Waals surface area contributed by atoms with E-state index >= 15 is 0 Å². The fourth-order valence-corrected chi connectivity index (χ4v) is 8.58. The van der Waals surface area contributed by atoms with Crippen LogP contribution in [-0.4, -0.2) is 24.6 Å². The molecule has 0 fully saturated rings. The summed E-state index contributed by atoms with van der Waals surface area (Å²) in [7, 11) is -0.601. The summed E-state index contributed by atoms with van der Waals surface area (Å²) in [5.41, 5.74) is 0. The molecule has 0 aromatic rings. The molecule has 0 rings (SSSR count).